The summed E-state index contributed by atoms with van der Waals surface area (Å²) in [7, 11) is 0. The molecule has 6 rings (SSSR count). The molecular weight excluding hydrogens is 448 g/mol. The summed E-state index contributed by atoms with van der Waals surface area (Å²) in [4.78, 5) is 37.7. The van der Waals surface area contributed by atoms with Gasteiger partial charge in [-0.2, -0.15) is 0 Å². The van der Waals surface area contributed by atoms with Gasteiger partial charge in [0, 0.05) is 37.7 Å². The van der Waals surface area contributed by atoms with Gasteiger partial charge in [0.1, 0.15) is 0 Å². The summed E-state index contributed by atoms with van der Waals surface area (Å²) in [5, 5.41) is 0. The van der Waals surface area contributed by atoms with Gasteiger partial charge in [0.2, 0.25) is 5.91 Å². The summed E-state index contributed by atoms with van der Waals surface area (Å²) in [6.45, 7) is 2.77. The fourth-order valence-corrected chi connectivity index (χ4v) is 5.20. The fourth-order valence-electron chi connectivity index (χ4n) is 5.20. The van der Waals surface area contributed by atoms with Crippen LogP contribution in [0.2, 0.25) is 0 Å². The zero-order chi connectivity index (χ0) is 24.5. The smallest absolute Gasteiger partial charge is 0.254 e. The van der Waals surface area contributed by atoms with Crippen molar-refractivity contribution >= 4 is 22.8 Å². The SMILES string of the molecule is O=C(c1ccc(-c2ccc3[nH]cnc3c2)cc1)N(Cc1ccccc1)C[C@@H]1CCN(C(=O)C2CC2)C1. The second-order valence-corrected chi connectivity index (χ2v) is 10.1. The number of imidazole rings is 1. The molecular formula is C30H30N4O2. The molecule has 1 aliphatic carbocycles. The van der Waals surface area contributed by atoms with E-state index >= 15 is 0 Å². The largest absolute Gasteiger partial charge is 0.345 e. The van der Waals surface area contributed by atoms with Crippen LogP contribution in [0.15, 0.2) is 79.1 Å². The quantitative estimate of drug-likeness (QED) is 0.400. The molecule has 6 nitrogen and oxygen atoms in total. The number of carbonyl (C=O) groups excluding carboxylic acids is 2. The Kier molecular flexibility index (Phi) is 6.01. The van der Waals surface area contributed by atoms with E-state index < -0.39 is 0 Å². The molecule has 1 aliphatic heterocycles. The molecule has 2 fully saturated rings. The van der Waals surface area contributed by atoms with Gasteiger partial charge in [-0.15, -0.1) is 0 Å². The van der Waals surface area contributed by atoms with Crippen LogP contribution in [0.5, 0.6) is 0 Å². The Bertz CT molecular complexity index is 1380. The second-order valence-electron chi connectivity index (χ2n) is 10.1. The van der Waals surface area contributed by atoms with Crippen molar-refractivity contribution in [2.24, 2.45) is 11.8 Å². The molecule has 1 saturated heterocycles. The lowest BCUT2D eigenvalue weighted by molar-refractivity contribution is -0.131. The summed E-state index contributed by atoms with van der Waals surface area (Å²) in [5.74, 6) is 0.889. The Labute approximate surface area is 211 Å². The van der Waals surface area contributed by atoms with Crippen molar-refractivity contribution in [3.05, 3.63) is 90.3 Å². The molecule has 1 atom stereocenters. The van der Waals surface area contributed by atoms with Crippen molar-refractivity contribution in [3.63, 3.8) is 0 Å². The third-order valence-electron chi connectivity index (χ3n) is 7.39. The maximum absolute atomic E-state index is 13.7. The average molecular weight is 479 g/mol. The van der Waals surface area contributed by atoms with Crippen molar-refractivity contribution in [2.75, 3.05) is 19.6 Å². The van der Waals surface area contributed by atoms with E-state index in [9.17, 15) is 9.59 Å². The van der Waals surface area contributed by atoms with E-state index in [0.29, 0.717) is 30.5 Å². The van der Waals surface area contributed by atoms with Crippen LogP contribution in [0.1, 0.15) is 35.2 Å². The van der Waals surface area contributed by atoms with Crippen LogP contribution in [0.25, 0.3) is 22.2 Å². The Morgan fingerprint density at radius 3 is 2.50 bits per heavy atom. The summed E-state index contributed by atoms with van der Waals surface area (Å²) in [6.07, 6.45) is 4.71. The third-order valence-corrected chi connectivity index (χ3v) is 7.39. The third kappa shape index (κ3) is 4.76. The van der Waals surface area contributed by atoms with Crippen molar-refractivity contribution in [1.82, 2.24) is 19.8 Å². The number of rotatable bonds is 7. The number of benzene rings is 3. The first-order valence-corrected chi connectivity index (χ1v) is 12.8. The molecule has 0 unspecified atom stereocenters. The van der Waals surface area contributed by atoms with Gasteiger partial charge in [-0.3, -0.25) is 9.59 Å². The maximum atomic E-state index is 13.7. The number of hydrogen-bond donors (Lipinski definition) is 1. The van der Waals surface area contributed by atoms with Crippen LogP contribution in [0.4, 0.5) is 0 Å². The number of aromatic amines is 1. The molecule has 2 aliphatic rings. The minimum Gasteiger partial charge on any atom is -0.345 e. The van der Waals surface area contributed by atoms with E-state index in [1.807, 2.05) is 58.3 Å². The van der Waals surface area contributed by atoms with Crippen molar-refractivity contribution in [1.29, 1.82) is 0 Å². The zero-order valence-electron chi connectivity index (χ0n) is 20.3. The van der Waals surface area contributed by atoms with E-state index in [1.165, 1.54) is 0 Å². The number of likely N-dealkylation sites (tertiary alicyclic amines) is 1. The van der Waals surface area contributed by atoms with Crippen LogP contribution < -0.4 is 0 Å². The van der Waals surface area contributed by atoms with Crippen molar-refractivity contribution in [3.8, 4) is 11.1 Å². The summed E-state index contributed by atoms with van der Waals surface area (Å²) >= 11 is 0. The number of hydrogen-bond acceptors (Lipinski definition) is 3. The lowest BCUT2D eigenvalue weighted by Crippen LogP contribution is -2.37. The normalized spacial score (nSPS) is 17.4. The molecule has 4 aromatic rings. The highest BCUT2D eigenvalue weighted by Gasteiger charge is 2.37. The van der Waals surface area contributed by atoms with E-state index in [1.54, 1.807) is 6.33 Å². The lowest BCUT2D eigenvalue weighted by atomic mass is 10.0. The molecule has 0 spiro atoms. The van der Waals surface area contributed by atoms with Gasteiger partial charge in [0.15, 0.2) is 0 Å². The highest BCUT2D eigenvalue weighted by Crippen LogP contribution is 2.33. The Morgan fingerprint density at radius 1 is 0.944 bits per heavy atom. The van der Waals surface area contributed by atoms with Gasteiger partial charge >= 0.3 is 0 Å². The molecule has 6 heteroatoms. The molecule has 1 saturated carbocycles. The number of nitrogens with one attached hydrogen (secondary N) is 1. The van der Waals surface area contributed by atoms with Crippen LogP contribution in [0.3, 0.4) is 0 Å². The van der Waals surface area contributed by atoms with Crippen LogP contribution in [0, 0.1) is 11.8 Å². The first kappa shape index (κ1) is 22.5. The van der Waals surface area contributed by atoms with Gasteiger partial charge in [-0.05, 0) is 66.1 Å². The maximum Gasteiger partial charge on any atom is 0.254 e. The van der Waals surface area contributed by atoms with Gasteiger partial charge in [0.25, 0.3) is 5.91 Å². The molecule has 1 N–H and O–H groups in total. The minimum atomic E-state index is 0.0279. The monoisotopic (exact) mass is 478 g/mol. The molecule has 2 heterocycles. The Balaban J connectivity index is 1.19. The number of H-pyrrole nitrogens is 1. The number of carbonyl (C=O) groups is 2. The number of fused-ring (bicyclic) bond motifs is 1. The van der Waals surface area contributed by atoms with Crippen molar-refractivity contribution in [2.45, 2.75) is 25.8 Å². The predicted octanol–water partition coefficient (Wildman–Crippen LogP) is 5.13. The summed E-state index contributed by atoms with van der Waals surface area (Å²) in [6, 6.07) is 24.1. The zero-order valence-corrected chi connectivity index (χ0v) is 20.3. The highest BCUT2D eigenvalue weighted by atomic mass is 16.2. The molecule has 3 aromatic carbocycles. The van der Waals surface area contributed by atoms with Gasteiger partial charge < -0.3 is 14.8 Å². The summed E-state index contributed by atoms with van der Waals surface area (Å²) in [5.41, 5.74) is 5.84. The van der Waals surface area contributed by atoms with E-state index in [0.717, 1.165) is 60.1 Å². The van der Waals surface area contributed by atoms with Crippen LogP contribution in [-0.4, -0.2) is 51.2 Å². The van der Waals surface area contributed by atoms with Gasteiger partial charge in [0.05, 0.1) is 17.4 Å². The van der Waals surface area contributed by atoms with Crippen LogP contribution in [-0.2, 0) is 11.3 Å². The van der Waals surface area contributed by atoms with E-state index in [2.05, 4.69) is 34.2 Å². The lowest BCUT2D eigenvalue weighted by Gasteiger charge is -2.26. The predicted molar refractivity (Wildman–Crippen MR) is 140 cm³/mol. The number of aromatic nitrogens is 2. The Hall–Kier alpha value is -3.93. The van der Waals surface area contributed by atoms with Gasteiger partial charge in [-0.25, -0.2) is 4.98 Å². The topological polar surface area (TPSA) is 69.3 Å². The van der Waals surface area contributed by atoms with E-state index in [-0.39, 0.29) is 11.8 Å². The molecule has 36 heavy (non-hydrogen) atoms. The molecule has 1 aromatic heterocycles. The molecule has 182 valence electrons. The fraction of sp³-hybridized carbons (Fsp3) is 0.300. The second kappa shape index (κ2) is 9.61. The number of nitrogens with zero attached hydrogens (tertiary/aromatic N) is 3. The average Bonchev–Trinajstić information content (AvgIpc) is 3.48. The highest BCUT2D eigenvalue weighted by molar-refractivity contribution is 5.95. The summed E-state index contributed by atoms with van der Waals surface area (Å²) < 4.78 is 0. The van der Waals surface area contributed by atoms with Crippen molar-refractivity contribution < 1.29 is 9.59 Å². The molecule has 0 radical (unpaired) electrons. The first-order valence-electron chi connectivity index (χ1n) is 12.8. The first-order chi connectivity index (χ1) is 17.6. The van der Waals surface area contributed by atoms with Gasteiger partial charge in [-0.1, -0.05) is 48.5 Å². The number of amides is 2. The molecule has 0 bridgehead atoms. The Morgan fingerprint density at radius 2 is 1.72 bits per heavy atom. The minimum absolute atomic E-state index is 0.0279. The molecule has 2 amide bonds. The van der Waals surface area contributed by atoms with Crippen LogP contribution >= 0.6 is 0 Å². The standard InChI is InChI=1S/C30H30N4O2/c35-29(24-10-11-24)33-15-14-22(18-33)19-34(17-21-4-2-1-3-5-21)30(36)25-8-6-23(7-9-25)26-12-13-27-28(16-26)32-20-31-27/h1-9,12-13,16,20,22,24H,10-11,14-15,17-19H2,(H,31,32)/t22-/m1/s1. The van der Waals surface area contributed by atoms with E-state index in [4.69, 9.17) is 0 Å².